The molecule has 1 aromatic carbocycles. The standard InChI is InChI=1S/C14H22NO5P/c1-10(2)19-14(16)11(3)15-21(5,17)20-13-8-6-7-12(9-13)18-4/h6-11H,1-5H3,(H,15,17)/t11-,21+/m0/s1. The van der Waals surface area contributed by atoms with E-state index in [2.05, 4.69) is 5.09 Å². The summed E-state index contributed by atoms with van der Waals surface area (Å²) in [5, 5.41) is 2.67. The molecule has 0 amide bonds. The van der Waals surface area contributed by atoms with Crippen LogP contribution in [0.5, 0.6) is 11.5 Å². The van der Waals surface area contributed by atoms with Crippen LogP contribution >= 0.6 is 7.52 Å². The van der Waals surface area contributed by atoms with E-state index in [0.29, 0.717) is 11.5 Å². The highest BCUT2D eigenvalue weighted by molar-refractivity contribution is 7.56. The van der Waals surface area contributed by atoms with Gasteiger partial charge in [-0.25, -0.2) is 5.09 Å². The molecule has 0 aliphatic rings. The lowest BCUT2D eigenvalue weighted by Crippen LogP contribution is -2.35. The van der Waals surface area contributed by atoms with Crippen LogP contribution in [0.1, 0.15) is 20.8 Å². The van der Waals surface area contributed by atoms with Crippen molar-refractivity contribution in [2.75, 3.05) is 13.8 Å². The van der Waals surface area contributed by atoms with E-state index in [1.54, 1.807) is 45.0 Å². The van der Waals surface area contributed by atoms with Gasteiger partial charge in [-0.1, -0.05) is 6.07 Å². The van der Waals surface area contributed by atoms with E-state index in [9.17, 15) is 9.36 Å². The third kappa shape index (κ3) is 6.19. The third-order valence-corrected chi connectivity index (χ3v) is 3.87. The van der Waals surface area contributed by atoms with Gasteiger partial charge in [-0.15, -0.1) is 0 Å². The number of ether oxygens (including phenoxy) is 2. The molecule has 0 aromatic heterocycles. The van der Waals surface area contributed by atoms with Crippen LogP contribution in [0.15, 0.2) is 24.3 Å². The second kappa shape index (κ2) is 7.48. The quantitative estimate of drug-likeness (QED) is 0.616. The summed E-state index contributed by atoms with van der Waals surface area (Å²) >= 11 is 0. The van der Waals surface area contributed by atoms with Crippen molar-refractivity contribution in [1.82, 2.24) is 5.09 Å². The molecule has 6 nitrogen and oxygen atoms in total. The summed E-state index contributed by atoms with van der Waals surface area (Å²) in [5.41, 5.74) is 0. The monoisotopic (exact) mass is 315 g/mol. The molecule has 21 heavy (non-hydrogen) atoms. The molecule has 0 bridgehead atoms. The molecule has 7 heteroatoms. The number of methoxy groups -OCH3 is 1. The molecule has 0 aliphatic heterocycles. The molecule has 0 heterocycles. The van der Waals surface area contributed by atoms with Gasteiger partial charge in [0.05, 0.1) is 13.2 Å². The average molecular weight is 315 g/mol. The molecule has 1 rings (SSSR count). The van der Waals surface area contributed by atoms with Gasteiger partial charge in [-0.3, -0.25) is 9.36 Å². The Kier molecular flexibility index (Phi) is 6.24. The molecule has 0 aliphatic carbocycles. The molecular weight excluding hydrogens is 293 g/mol. The van der Waals surface area contributed by atoms with Crippen LogP contribution in [0.25, 0.3) is 0 Å². The van der Waals surface area contributed by atoms with E-state index >= 15 is 0 Å². The molecule has 118 valence electrons. The fourth-order valence-corrected chi connectivity index (χ4v) is 3.00. The highest BCUT2D eigenvalue weighted by Crippen LogP contribution is 2.40. The van der Waals surface area contributed by atoms with Crippen LogP contribution in [0.4, 0.5) is 0 Å². The molecule has 0 unspecified atom stereocenters. The lowest BCUT2D eigenvalue weighted by Gasteiger charge is -2.21. The maximum atomic E-state index is 12.4. The van der Waals surface area contributed by atoms with Gasteiger partial charge in [0.1, 0.15) is 17.5 Å². The minimum absolute atomic E-state index is 0.225. The number of esters is 1. The number of carbonyl (C=O) groups excluding carboxylic acids is 1. The first kappa shape index (κ1) is 17.5. The third-order valence-electron chi connectivity index (χ3n) is 2.45. The first-order valence-electron chi connectivity index (χ1n) is 6.63. The summed E-state index contributed by atoms with van der Waals surface area (Å²) < 4.78 is 27.9. The fourth-order valence-electron chi connectivity index (χ4n) is 1.62. The number of hydrogen-bond donors (Lipinski definition) is 1. The van der Waals surface area contributed by atoms with Crippen molar-refractivity contribution in [1.29, 1.82) is 0 Å². The summed E-state index contributed by atoms with van der Waals surface area (Å²) in [7, 11) is -1.67. The maximum Gasteiger partial charge on any atom is 0.323 e. The summed E-state index contributed by atoms with van der Waals surface area (Å²) in [6.45, 7) is 6.49. The molecule has 1 N–H and O–H groups in total. The Morgan fingerprint density at radius 2 is 1.86 bits per heavy atom. The zero-order valence-electron chi connectivity index (χ0n) is 13.0. The Morgan fingerprint density at radius 3 is 2.43 bits per heavy atom. The second-order valence-corrected chi connectivity index (χ2v) is 7.09. The Labute approximate surface area is 125 Å². The van der Waals surface area contributed by atoms with E-state index in [4.69, 9.17) is 14.0 Å². The van der Waals surface area contributed by atoms with Crippen LogP contribution in [0.3, 0.4) is 0 Å². The summed E-state index contributed by atoms with van der Waals surface area (Å²) in [5.74, 6) is 0.526. The van der Waals surface area contributed by atoms with Crippen molar-refractivity contribution in [3.05, 3.63) is 24.3 Å². The van der Waals surface area contributed by atoms with Crippen molar-refractivity contribution in [2.24, 2.45) is 0 Å². The summed E-state index contributed by atoms with van der Waals surface area (Å²) in [4.78, 5) is 11.7. The predicted octanol–water partition coefficient (Wildman–Crippen LogP) is 2.83. The predicted molar refractivity (Wildman–Crippen MR) is 81.0 cm³/mol. The number of rotatable bonds is 7. The minimum atomic E-state index is -3.20. The highest BCUT2D eigenvalue weighted by atomic mass is 31.2. The maximum absolute atomic E-state index is 12.4. The number of hydrogen-bond acceptors (Lipinski definition) is 5. The lowest BCUT2D eigenvalue weighted by molar-refractivity contribution is -0.149. The van der Waals surface area contributed by atoms with E-state index in [1.165, 1.54) is 13.8 Å². The number of nitrogens with one attached hydrogen (secondary N) is 1. The fraction of sp³-hybridized carbons (Fsp3) is 0.500. The molecule has 0 fully saturated rings. The number of carbonyl (C=O) groups is 1. The smallest absolute Gasteiger partial charge is 0.323 e. The van der Waals surface area contributed by atoms with Gasteiger partial charge in [0, 0.05) is 12.7 Å². The van der Waals surface area contributed by atoms with Crippen LogP contribution in [0, 0.1) is 0 Å². The van der Waals surface area contributed by atoms with E-state index in [-0.39, 0.29) is 6.10 Å². The van der Waals surface area contributed by atoms with E-state index in [0.717, 1.165) is 0 Å². The molecular formula is C14H22NO5P. The van der Waals surface area contributed by atoms with Crippen molar-refractivity contribution >= 4 is 13.5 Å². The average Bonchev–Trinajstić information content (AvgIpc) is 2.36. The number of benzene rings is 1. The zero-order chi connectivity index (χ0) is 16.0. The van der Waals surface area contributed by atoms with E-state index in [1.807, 2.05) is 0 Å². The Hall–Kier alpha value is -1.52. The molecule has 0 spiro atoms. The SMILES string of the molecule is COc1cccc(O[P@@](C)(=O)N[C@@H](C)C(=O)OC(C)C)c1. The van der Waals surface area contributed by atoms with Crippen LogP contribution in [-0.4, -0.2) is 31.9 Å². The normalized spacial score (nSPS) is 15.1. The van der Waals surface area contributed by atoms with Gasteiger partial charge in [-0.2, -0.15) is 0 Å². The summed E-state index contributed by atoms with van der Waals surface area (Å²) in [6, 6.07) is 6.04. The lowest BCUT2D eigenvalue weighted by atomic mass is 10.3. The topological polar surface area (TPSA) is 73.9 Å². The Morgan fingerprint density at radius 1 is 1.24 bits per heavy atom. The van der Waals surface area contributed by atoms with Crippen molar-refractivity contribution < 1.29 is 23.4 Å². The van der Waals surface area contributed by atoms with Gasteiger partial charge in [0.2, 0.25) is 0 Å². The molecule has 1 aromatic rings. The largest absolute Gasteiger partial charge is 0.497 e. The summed E-state index contributed by atoms with van der Waals surface area (Å²) in [6.07, 6.45) is -0.225. The van der Waals surface area contributed by atoms with Crippen LogP contribution in [0.2, 0.25) is 0 Å². The Bertz CT molecular complexity index is 532. The van der Waals surface area contributed by atoms with Crippen LogP contribution < -0.4 is 14.3 Å². The van der Waals surface area contributed by atoms with Gasteiger partial charge in [-0.05, 0) is 32.9 Å². The van der Waals surface area contributed by atoms with Crippen LogP contribution in [-0.2, 0) is 14.1 Å². The van der Waals surface area contributed by atoms with Crippen molar-refractivity contribution in [3.63, 3.8) is 0 Å². The van der Waals surface area contributed by atoms with E-state index < -0.39 is 19.5 Å². The van der Waals surface area contributed by atoms with Gasteiger partial charge in [0.15, 0.2) is 0 Å². The first-order chi connectivity index (χ1) is 9.73. The first-order valence-corrected chi connectivity index (χ1v) is 8.70. The van der Waals surface area contributed by atoms with Gasteiger partial charge < -0.3 is 14.0 Å². The van der Waals surface area contributed by atoms with Crippen molar-refractivity contribution in [3.8, 4) is 11.5 Å². The zero-order valence-corrected chi connectivity index (χ0v) is 13.8. The molecule has 2 atom stereocenters. The Balaban J connectivity index is 2.68. The van der Waals surface area contributed by atoms with Gasteiger partial charge in [0.25, 0.3) is 0 Å². The second-order valence-electron chi connectivity index (χ2n) is 4.95. The van der Waals surface area contributed by atoms with Crippen molar-refractivity contribution in [2.45, 2.75) is 32.9 Å². The molecule has 0 saturated heterocycles. The highest BCUT2D eigenvalue weighted by Gasteiger charge is 2.26. The molecule has 0 radical (unpaired) electrons. The van der Waals surface area contributed by atoms with Gasteiger partial charge >= 0.3 is 13.5 Å². The minimum Gasteiger partial charge on any atom is -0.497 e. The molecule has 0 saturated carbocycles.